The monoisotopic (exact) mass is 330 g/mol. The number of nitrogens with one attached hydrogen (secondary N) is 2. The van der Waals surface area contributed by atoms with Crippen molar-refractivity contribution in [1.29, 1.82) is 0 Å². The van der Waals surface area contributed by atoms with Crippen molar-refractivity contribution in [3.05, 3.63) is 0 Å². The van der Waals surface area contributed by atoms with Crippen molar-refractivity contribution in [2.24, 2.45) is 0 Å². The molecule has 134 valence electrons. The highest BCUT2D eigenvalue weighted by Crippen LogP contribution is 2.02. The molecule has 0 unspecified atom stereocenters. The molecule has 2 aliphatic rings. The Bertz CT molecular complexity index is 309. The fourth-order valence-electron chi connectivity index (χ4n) is 3.29. The Balaban J connectivity index is 1.80. The van der Waals surface area contributed by atoms with Gasteiger partial charge in [0, 0.05) is 6.42 Å². The van der Waals surface area contributed by atoms with E-state index in [4.69, 9.17) is 14.2 Å². The van der Waals surface area contributed by atoms with Gasteiger partial charge >= 0.3 is 5.97 Å². The van der Waals surface area contributed by atoms with Crippen LogP contribution in [0.1, 0.15) is 32.6 Å². The maximum absolute atomic E-state index is 12.1. The molecule has 0 radical (unpaired) electrons. The molecule has 0 spiro atoms. The van der Waals surface area contributed by atoms with E-state index in [2.05, 4.69) is 6.92 Å². The van der Waals surface area contributed by atoms with E-state index >= 15 is 0 Å². The number of esters is 1. The second-order valence-corrected chi connectivity index (χ2v) is 6.70. The zero-order chi connectivity index (χ0) is 16.3. The van der Waals surface area contributed by atoms with Gasteiger partial charge in [-0.3, -0.25) is 4.79 Å². The molecule has 0 saturated carbocycles. The lowest BCUT2D eigenvalue weighted by Crippen LogP contribution is -3.18. The predicted octanol–water partition coefficient (Wildman–Crippen LogP) is -1.69. The van der Waals surface area contributed by atoms with Crippen molar-refractivity contribution in [3.8, 4) is 0 Å². The van der Waals surface area contributed by atoms with Crippen molar-refractivity contribution < 1.29 is 28.8 Å². The van der Waals surface area contributed by atoms with Gasteiger partial charge in [0.05, 0.1) is 26.4 Å². The van der Waals surface area contributed by atoms with E-state index in [1.54, 1.807) is 0 Å². The molecule has 6 nitrogen and oxygen atoms in total. The van der Waals surface area contributed by atoms with Gasteiger partial charge in [0.1, 0.15) is 39.3 Å². The molecule has 2 rings (SSSR count). The summed E-state index contributed by atoms with van der Waals surface area (Å²) >= 11 is 0. The molecule has 0 atom stereocenters. The van der Waals surface area contributed by atoms with Crippen LogP contribution in [0.2, 0.25) is 0 Å². The summed E-state index contributed by atoms with van der Waals surface area (Å²) in [6.07, 6.45) is 3.75. The first-order valence-corrected chi connectivity index (χ1v) is 9.30. The van der Waals surface area contributed by atoms with E-state index in [9.17, 15) is 4.79 Å². The molecule has 6 heteroatoms. The van der Waals surface area contributed by atoms with E-state index < -0.39 is 0 Å². The van der Waals surface area contributed by atoms with Crippen LogP contribution in [0.15, 0.2) is 0 Å². The number of unbranched alkanes of at least 4 members (excludes halogenated alkanes) is 2. The molecule has 0 amide bonds. The van der Waals surface area contributed by atoms with E-state index in [1.807, 2.05) is 0 Å². The molecular weight excluding hydrogens is 296 g/mol. The van der Waals surface area contributed by atoms with Gasteiger partial charge in [-0.05, 0) is 6.42 Å². The Hall–Kier alpha value is -0.690. The van der Waals surface area contributed by atoms with Crippen LogP contribution in [-0.2, 0) is 19.0 Å². The van der Waals surface area contributed by atoms with Crippen LogP contribution in [-0.4, -0.2) is 77.8 Å². The van der Waals surface area contributed by atoms with E-state index in [0.717, 1.165) is 85.0 Å². The number of carbonyl (C=O) groups is 1. The maximum atomic E-state index is 12.1. The van der Waals surface area contributed by atoms with Gasteiger partial charge in [-0.15, -0.1) is 0 Å². The van der Waals surface area contributed by atoms with Gasteiger partial charge in [-0.2, -0.15) is 0 Å². The number of carbonyl (C=O) groups excluding carboxylic acids is 1. The second-order valence-electron chi connectivity index (χ2n) is 6.70. The zero-order valence-corrected chi connectivity index (χ0v) is 14.6. The van der Waals surface area contributed by atoms with Gasteiger partial charge in [0.15, 0.2) is 6.10 Å². The summed E-state index contributed by atoms with van der Waals surface area (Å²) in [5, 5.41) is 0. The normalized spacial score (nSPS) is 20.8. The minimum absolute atomic E-state index is 0.0188. The summed E-state index contributed by atoms with van der Waals surface area (Å²) in [6.45, 7) is 11.3. The van der Waals surface area contributed by atoms with Crippen molar-refractivity contribution >= 4 is 5.97 Å². The predicted molar refractivity (Wildman–Crippen MR) is 86.8 cm³/mol. The Morgan fingerprint density at radius 2 is 1.48 bits per heavy atom. The van der Waals surface area contributed by atoms with Gasteiger partial charge in [0.25, 0.3) is 0 Å². The van der Waals surface area contributed by atoms with Crippen LogP contribution in [0.25, 0.3) is 0 Å². The molecule has 2 heterocycles. The smallest absolute Gasteiger partial charge is 0.306 e. The van der Waals surface area contributed by atoms with Crippen LogP contribution in [0.5, 0.6) is 0 Å². The summed E-state index contributed by atoms with van der Waals surface area (Å²) < 4.78 is 16.7. The van der Waals surface area contributed by atoms with Crippen molar-refractivity contribution in [2.75, 3.05) is 65.7 Å². The molecule has 0 aromatic rings. The third-order valence-electron chi connectivity index (χ3n) is 4.72. The van der Waals surface area contributed by atoms with Crippen LogP contribution in [0.4, 0.5) is 0 Å². The highest BCUT2D eigenvalue weighted by atomic mass is 16.5. The molecule has 0 aromatic carbocycles. The molecule has 2 aliphatic heterocycles. The number of rotatable bonds is 9. The highest BCUT2D eigenvalue weighted by molar-refractivity contribution is 5.69. The highest BCUT2D eigenvalue weighted by Gasteiger charge is 2.28. The number of hydrogen-bond acceptors (Lipinski definition) is 4. The number of hydrogen-bond donors (Lipinski definition) is 2. The minimum Gasteiger partial charge on any atom is -0.450 e. The molecule has 23 heavy (non-hydrogen) atoms. The van der Waals surface area contributed by atoms with Crippen molar-refractivity contribution in [3.63, 3.8) is 0 Å². The van der Waals surface area contributed by atoms with Gasteiger partial charge in [-0.25, -0.2) is 0 Å². The molecule has 2 saturated heterocycles. The zero-order valence-electron chi connectivity index (χ0n) is 14.6. The summed E-state index contributed by atoms with van der Waals surface area (Å²) in [5.74, 6) is -0.0243. The Kier molecular flexibility index (Phi) is 8.89. The topological polar surface area (TPSA) is 53.6 Å². The number of morpholine rings is 2. The average molecular weight is 330 g/mol. The third kappa shape index (κ3) is 7.61. The second kappa shape index (κ2) is 11.0. The van der Waals surface area contributed by atoms with Crippen molar-refractivity contribution in [1.82, 2.24) is 0 Å². The first-order chi connectivity index (χ1) is 11.3. The van der Waals surface area contributed by atoms with Crippen LogP contribution in [0, 0.1) is 0 Å². The maximum Gasteiger partial charge on any atom is 0.306 e. The first-order valence-electron chi connectivity index (χ1n) is 9.30. The lowest BCUT2D eigenvalue weighted by atomic mass is 10.2. The van der Waals surface area contributed by atoms with Gasteiger partial charge < -0.3 is 24.0 Å². The van der Waals surface area contributed by atoms with Gasteiger partial charge in [-0.1, -0.05) is 19.8 Å². The summed E-state index contributed by atoms with van der Waals surface area (Å²) in [4.78, 5) is 15.1. The van der Waals surface area contributed by atoms with E-state index in [1.165, 1.54) is 9.80 Å². The third-order valence-corrected chi connectivity index (χ3v) is 4.72. The van der Waals surface area contributed by atoms with Crippen LogP contribution < -0.4 is 9.80 Å². The number of quaternary nitrogens is 2. The molecule has 0 aromatic heterocycles. The standard InChI is InChI=1S/C17H32N2O4/c1-2-3-4-5-17(20)23-16(14-18-6-10-21-11-7-18)15-19-8-12-22-13-9-19/h16H,2-15H2,1H3/p+2. The lowest BCUT2D eigenvalue weighted by molar-refractivity contribution is -0.931. The van der Waals surface area contributed by atoms with Crippen molar-refractivity contribution in [2.45, 2.75) is 38.7 Å². The molecule has 2 N–H and O–H groups in total. The van der Waals surface area contributed by atoms with Crippen LogP contribution >= 0.6 is 0 Å². The Morgan fingerprint density at radius 1 is 0.957 bits per heavy atom. The molecule has 0 bridgehead atoms. The fraction of sp³-hybridized carbons (Fsp3) is 0.941. The number of ether oxygens (including phenoxy) is 3. The largest absolute Gasteiger partial charge is 0.450 e. The SMILES string of the molecule is CCCCCC(=O)OC(C[NH+]1CCOCC1)C[NH+]1CCOCC1. The Labute approximate surface area is 140 Å². The Morgan fingerprint density at radius 3 is 1.96 bits per heavy atom. The molecule has 2 fully saturated rings. The first kappa shape index (κ1) is 18.6. The fourth-order valence-corrected chi connectivity index (χ4v) is 3.29. The van der Waals surface area contributed by atoms with E-state index in [-0.39, 0.29) is 12.1 Å². The average Bonchev–Trinajstić information content (AvgIpc) is 2.57. The van der Waals surface area contributed by atoms with Crippen LogP contribution in [0.3, 0.4) is 0 Å². The molecule has 0 aliphatic carbocycles. The van der Waals surface area contributed by atoms with Gasteiger partial charge in [0.2, 0.25) is 0 Å². The summed E-state index contributed by atoms with van der Waals surface area (Å²) in [6, 6.07) is 0. The quantitative estimate of drug-likeness (QED) is 0.391. The minimum atomic E-state index is -0.0243. The summed E-state index contributed by atoms with van der Waals surface area (Å²) in [7, 11) is 0. The van der Waals surface area contributed by atoms with E-state index in [0.29, 0.717) is 6.42 Å². The molecular formula is C17H34N2O4+2. The lowest BCUT2D eigenvalue weighted by Gasteiger charge is -2.30. The summed E-state index contributed by atoms with van der Waals surface area (Å²) in [5.41, 5.74) is 0.